The molecule has 4 aromatic rings. The molecule has 0 spiro atoms. The highest BCUT2D eigenvalue weighted by Gasteiger charge is 2.21. The van der Waals surface area contributed by atoms with Gasteiger partial charge in [-0.05, 0) is 30.2 Å². The van der Waals surface area contributed by atoms with Crippen LogP contribution in [0.25, 0.3) is 22.4 Å². The Morgan fingerprint density at radius 3 is 2.21 bits per heavy atom. The molecular formula is C27H27N3O3S. The summed E-state index contributed by atoms with van der Waals surface area (Å²) in [5.74, 6) is 0. The zero-order valence-corrected chi connectivity index (χ0v) is 19.8. The van der Waals surface area contributed by atoms with Crippen LogP contribution in [0.3, 0.4) is 0 Å². The third kappa shape index (κ3) is 5.34. The van der Waals surface area contributed by atoms with Crippen LogP contribution in [0.15, 0.2) is 96.4 Å². The number of hydrogen-bond acceptors (Lipinski definition) is 4. The summed E-state index contributed by atoms with van der Waals surface area (Å²) in [5, 5.41) is 10.1. The van der Waals surface area contributed by atoms with Gasteiger partial charge in [0.15, 0.2) is 0 Å². The molecule has 0 bridgehead atoms. The second-order valence-electron chi connectivity index (χ2n) is 8.05. The molecule has 174 valence electrons. The van der Waals surface area contributed by atoms with Crippen molar-refractivity contribution in [3.63, 3.8) is 0 Å². The average molecular weight is 474 g/mol. The normalized spacial score (nSPS) is 11.5. The number of aryl methyl sites for hydroxylation is 1. The first kappa shape index (κ1) is 23.6. The second-order valence-corrected chi connectivity index (χ2v) is 9.62. The number of primary sulfonamides is 1. The number of sulfonamides is 1. The van der Waals surface area contributed by atoms with Crippen LogP contribution in [-0.4, -0.2) is 18.2 Å². The topological polar surface area (TPSA) is 87.2 Å². The number of nitrogens with zero attached hydrogens (tertiary/aromatic N) is 2. The molecule has 0 saturated carbocycles. The number of aromatic nitrogens is 2. The van der Waals surface area contributed by atoms with E-state index >= 15 is 0 Å². The number of ether oxygens (including phenoxy) is 1. The highest BCUT2D eigenvalue weighted by atomic mass is 32.2. The van der Waals surface area contributed by atoms with Crippen LogP contribution >= 0.6 is 0 Å². The largest absolute Gasteiger partial charge is 0.370 e. The lowest BCUT2D eigenvalue weighted by Crippen LogP contribution is -2.11. The summed E-state index contributed by atoms with van der Waals surface area (Å²) in [6.45, 7) is 7.27. The molecule has 3 aromatic carbocycles. The van der Waals surface area contributed by atoms with Crippen molar-refractivity contribution in [2.45, 2.75) is 31.6 Å². The number of rotatable bonds is 9. The summed E-state index contributed by atoms with van der Waals surface area (Å²) in [4.78, 5) is 0.0603. The molecule has 0 amide bonds. The predicted molar refractivity (Wildman–Crippen MR) is 134 cm³/mol. The van der Waals surface area contributed by atoms with E-state index in [-0.39, 0.29) is 4.90 Å². The number of benzene rings is 3. The Hall–Kier alpha value is -3.52. The van der Waals surface area contributed by atoms with Gasteiger partial charge in [0, 0.05) is 11.1 Å². The maximum atomic E-state index is 11.7. The van der Waals surface area contributed by atoms with Gasteiger partial charge in [0.2, 0.25) is 10.0 Å². The van der Waals surface area contributed by atoms with Crippen molar-refractivity contribution >= 4 is 10.0 Å². The Labute approximate surface area is 200 Å². The third-order valence-electron chi connectivity index (χ3n) is 5.51. The van der Waals surface area contributed by atoms with Gasteiger partial charge in [-0.1, -0.05) is 78.4 Å². The molecule has 0 aliphatic carbocycles. The summed E-state index contributed by atoms with van der Waals surface area (Å²) in [6, 6.07) is 24.7. The van der Waals surface area contributed by atoms with E-state index in [4.69, 9.17) is 15.0 Å². The molecular weight excluding hydrogens is 446 g/mol. The van der Waals surface area contributed by atoms with Crippen molar-refractivity contribution in [1.29, 1.82) is 0 Å². The van der Waals surface area contributed by atoms with Crippen LogP contribution < -0.4 is 5.14 Å². The Morgan fingerprint density at radius 1 is 0.941 bits per heavy atom. The fraction of sp³-hybridized carbons (Fsp3) is 0.148. The molecule has 0 saturated heterocycles. The first-order chi connectivity index (χ1) is 16.4. The van der Waals surface area contributed by atoms with Crippen molar-refractivity contribution in [3.8, 4) is 22.4 Å². The van der Waals surface area contributed by atoms with E-state index < -0.39 is 10.0 Å². The summed E-state index contributed by atoms with van der Waals surface area (Å²) < 4.78 is 31.4. The van der Waals surface area contributed by atoms with Crippen LogP contribution in [0.1, 0.15) is 16.8 Å². The molecule has 0 unspecified atom stereocenters. The highest BCUT2D eigenvalue weighted by molar-refractivity contribution is 7.89. The lowest BCUT2D eigenvalue weighted by atomic mass is 9.98. The van der Waals surface area contributed by atoms with Gasteiger partial charge in [-0.15, -0.1) is 6.58 Å². The molecule has 0 aliphatic rings. The molecule has 0 radical (unpaired) electrons. The van der Waals surface area contributed by atoms with Crippen molar-refractivity contribution in [2.75, 3.05) is 0 Å². The average Bonchev–Trinajstić information content (AvgIpc) is 3.18. The molecule has 0 atom stereocenters. The van der Waals surface area contributed by atoms with E-state index in [0.29, 0.717) is 19.8 Å². The monoisotopic (exact) mass is 473 g/mol. The standard InChI is InChI=1S/C27H27N3O3S/c1-3-17-30-25(19-33-18-21-7-5-4-6-8-21)26(22-11-9-20(2)10-12-22)27(29-30)23-13-15-24(16-14-23)34(28,31)32/h3-16H,1,17-19H2,2H3,(H2,28,31,32). The van der Waals surface area contributed by atoms with E-state index in [1.54, 1.807) is 18.2 Å². The minimum absolute atomic E-state index is 0.0603. The Bertz CT molecular complexity index is 1380. The number of nitrogens with two attached hydrogens (primary N) is 1. The van der Waals surface area contributed by atoms with E-state index in [1.165, 1.54) is 12.1 Å². The first-order valence-corrected chi connectivity index (χ1v) is 12.4. The molecule has 2 N–H and O–H groups in total. The van der Waals surface area contributed by atoms with Gasteiger partial charge in [0.05, 0.1) is 30.3 Å². The van der Waals surface area contributed by atoms with Gasteiger partial charge >= 0.3 is 0 Å². The first-order valence-electron chi connectivity index (χ1n) is 10.9. The molecule has 1 aromatic heterocycles. The molecule has 1 heterocycles. The fourth-order valence-corrected chi connectivity index (χ4v) is 4.30. The van der Waals surface area contributed by atoms with Gasteiger partial charge in [0.25, 0.3) is 0 Å². The van der Waals surface area contributed by atoms with Crippen LogP contribution in [0.4, 0.5) is 0 Å². The van der Waals surface area contributed by atoms with E-state index in [2.05, 4.69) is 30.8 Å². The highest BCUT2D eigenvalue weighted by Crippen LogP contribution is 2.36. The van der Waals surface area contributed by atoms with E-state index in [1.807, 2.05) is 41.9 Å². The van der Waals surface area contributed by atoms with Crippen LogP contribution in [0.2, 0.25) is 0 Å². The van der Waals surface area contributed by atoms with Crippen LogP contribution in [-0.2, 0) is 34.5 Å². The van der Waals surface area contributed by atoms with Crippen molar-refractivity contribution < 1.29 is 13.2 Å². The molecule has 7 heteroatoms. The molecule has 4 rings (SSSR count). The molecule has 6 nitrogen and oxygen atoms in total. The summed E-state index contributed by atoms with van der Waals surface area (Å²) in [6.07, 6.45) is 1.79. The van der Waals surface area contributed by atoms with E-state index in [9.17, 15) is 8.42 Å². The van der Waals surface area contributed by atoms with E-state index in [0.717, 1.165) is 39.2 Å². The summed E-state index contributed by atoms with van der Waals surface area (Å²) in [5.41, 5.74) is 6.64. The lowest BCUT2D eigenvalue weighted by molar-refractivity contribution is 0.102. The van der Waals surface area contributed by atoms with Crippen LogP contribution in [0, 0.1) is 6.92 Å². The minimum atomic E-state index is -3.78. The van der Waals surface area contributed by atoms with Gasteiger partial charge in [-0.3, -0.25) is 4.68 Å². The second kappa shape index (κ2) is 10.2. The maximum absolute atomic E-state index is 11.7. The SMILES string of the molecule is C=CCn1nc(-c2ccc(S(N)(=O)=O)cc2)c(-c2ccc(C)cc2)c1COCc1ccccc1. The lowest BCUT2D eigenvalue weighted by Gasteiger charge is -2.11. The summed E-state index contributed by atoms with van der Waals surface area (Å²) in [7, 11) is -3.78. The van der Waals surface area contributed by atoms with Crippen molar-refractivity contribution in [1.82, 2.24) is 9.78 Å². The van der Waals surface area contributed by atoms with Crippen molar-refractivity contribution in [3.05, 3.63) is 108 Å². The zero-order valence-electron chi connectivity index (χ0n) is 19.0. The smallest absolute Gasteiger partial charge is 0.238 e. The Kier molecular flexibility index (Phi) is 7.07. The quantitative estimate of drug-likeness (QED) is 0.344. The maximum Gasteiger partial charge on any atom is 0.238 e. The third-order valence-corrected chi connectivity index (χ3v) is 6.44. The van der Waals surface area contributed by atoms with Crippen molar-refractivity contribution in [2.24, 2.45) is 5.14 Å². The fourth-order valence-electron chi connectivity index (χ4n) is 3.78. The molecule has 0 fully saturated rings. The molecule has 0 aliphatic heterocycles. The van der Waals surface area contributed by atoms with Crippen LogP contribution in [0.5, 0.6) is 0 Å². The van der Waals surface area contributed by atoms with Gasteiger partial charge in [-0.25, -0.2) is 13.6 Å². The molecule has 34 heavy (non-hydrogen) atoms. The minimum Gasteiger partial charge on any atom is -0.370 e. The predicted octanol–water partition coefficient (Wildman–Crippen LogP) is 5.08. The van der Waals surface area contributed by atoms with Gasteiger partial charge in [-0.2, -0.15) is 5.10 Å². The number of hydrogen-bond donors (Lipinski definition) is 1. The Morgan fingerprint density at radius 2 is 1.59 bits per heavy atom. The number of allylic oxidation sites excluding steroid dienone is 1. The zero-order chi connectivity index (χ0) is 24.1. The summed E-state index contributed by atoms with van der Waals surface area (Å²) >= 11 is 0. The van der Waals surface area contributed by atoms with Gasteiger partial charge in [0.1, 0.15) is 5.69 Å². The Balaban J connectivity index is 1.79. The van der Waals surface area contributed by atoms with Gasteiger partial charge < -0.3 is 4.74 Å².